The van der Waals surface area contributed by atoms with Crippen molar-refractivity contribution in [3.63, 3.8) is 0 Å². The summed E-state index contributed by atoms with van der Waals surface area (Å²) in [5, 5.41) is 12.5. The number of imide groups is 2. The molecule has 58 heavy (non-hydrogen) atoms. The summed E-state index contributed by atoms with van der Waals surface area (Å²) in [6.07, 6.45) is 9.05. The summed E-state index contributed by atoms with van der Waals surface area (Å²) >= 11 is 1.58. The number of hydrogen-bond acceptors (Lipinski definition) is 12. The van der Waals surface area contributed by atoms with E-state index in [1.807, 2.05) is 34.7 Å². The molecule has 0 bridgehead atoms. The number of carbonyl (C=O) groups excluding carboxylic acids is 6. The molecular formula is C42H45N9O6S. The first kappa shape index (κ1) is 37.7. The van der Waals surface area contributed by atoms with Gasteiger partial charge in [-0.05, 0) is 81.3 Å². The van der Waals surface area contributed by atoms with Crippen molar-refractivity contribution in [1.29, 1.82) is 0 Å². The van der Waals surface area contributed by atoms with E-state index < -0.39 is 29.7 Å². The molecule has 1 atom stereocenters. The molecule has 4 aromatic rings. The van der Waals surface area contributed by atoms with Crippen molar-refractivity contribution < 1.29 is 28.8 Å². The van der Waals surface area contributed by atoms with E-state index in [1.165, 1.54) is 0 Å². The van der Waals surface area contributed by atoms with E-state index in [2.05, 4.69) is 36.1 Å². The number of thiazole rings is 1. The van der Waals surface area contributed by atoms with E-state index in [9.17, 15) is 28.8 Å². The van der Waals surface area contributed by atoms with Gasteiger partial charge in [-0.3, -0.25) is 39.0 Å². The lowest BCUT2D eigenvalue weighted by Crippen LogP contribution is -2.54. The van der Waals surface area contributed by atoms with Gasteiger partial charge in [0.1, 0.15) is 11.9 Å². The highest BCUT2D eigenvalue weighted by molar-refractivity contribution is 7.16. The Hall–Kier alpha value is -5.90. The number of benzene rings is 2. The van der Waals surface area contributed by atoms with E-state index in [0.29, 0.717) is 69.3 Å². The number of hydrogen-bond donors (Lipinski definition) is 4. The second-order valence-corrected chi connectivity index (χ2v) is 16.8. The van der Waals surface area contributed by atoms with Gasteiger partial charge in [0, 0.05) is 74.2 Å². The third-order valence-corrected chi connectivity index (χ3v) is 13.1. The molecule has 5 heterocycles. The van der Waals surface area contributed by atoms with Crippen molar-refractivity contribution in [2.24, 2.45) is 5.92 Å². The van der Waals surface area contributed by atoms with Crippen LogP contribution in [0.3, 0.4) is 0 Å². The summed E-state index contributed by atoms with van der Waals surface area (Å²) in [6, 6.07) is 12.3. The lowest BCUT2D eigenvalue weighted by molar-refractivity contribution is -0.137. The highest BCUT2D eigenvalue weighted by atomic mass is 32.1. The molecule has 300 valence electrons. The predicted octanol–water partition coefficient (Wildman–Crippen LogP) is 4.83. The van der Waals surface area contributed by atoms with E-state index in [-0.39, 0.29) is 47.7 Å². The van der Waals surface area contributed by atoms with Crippen molar-refractivity contribution in [1.82, 2.24) is 30.4 Å². The van der Waals surface area contributed by atoms with Crippen molar-refractivity contribution >= 4 is 79.9 Å². The van der Waals surface area contributed by atoms with E-state index in [4.69, 9.17) is 0 Å². The predicted molar refractivity (Wildman–Crippen MR) is 218 cm³/mol. The van der Waals surface area contributed by atoms with Crippen LogP contribution in [0, 0.1) is 5.92 Å². The van der Waals surface area contributed by atoms with Crippen LogP contribution in [-0.4, -0.2) is 99.5 Å². The average molecular weight is 804 g/mol. The van der Waals surface area contributed by atoms with Gasteiger partial charge < -0.3 is 25.8 Å². The Kier molecular flexibility index (Phi) is 10.3. The second-order valence-electron chi connectivity index (χ2n) is 15.9. The highest BCUT2D eigenvalue weighted by Crippen LogP contribution is 2.33. The first-order valence-corrected chi connectivity index (χ1v) is 21.1. The number of amides is 6. The lowest BCUT2D eigenvalue weighted by Gasteiger charge is -2.39. The minimum absolute atomic E-state index is 0.0445. The minimum atomic E-state index is -1.01. The number of piperidine rings is 1. The molecular weight excluding hydrogens is 759 g/mol. The molecule has 0 spiro atoms. The Morgan fingerprint density at radius 3 is 2.34 bits per heavy atom. The second kappa shape index (κ2) is 15.8. The molecule has 6 amide bonds. The number of nitrogens with one attached hydrogen (secondary N) is 4. The zero-order valence-corrected chi connectivity index (χ0v) is 32.8. The van der Waals surface area contributed by atoms with Crippen LogP contribution in [0.2, 0.25) is 0 Å². The first-order valence-electron chi connectivity index (χ1n) is 20.3. The third-order valence-electron chi connectivity index (χ3n) is 12.3. The number of piperazine rings is 1. The summed E-state index contributed by atoms with van der Waals surface area (Å²) in [5.41, 5.74) is 6.20. The molecule has 3 aliphatic heterocycles. The van der Waals surface area contributed by atoms with Crippen molar-refractivity contribution in [2.45, 2.75) is 82.3 Å². The topological polar surface area (TPSA) is 186 Å². The average Bonchev–Trinajstić information content (AvgIpc) is 3.98. The van der Waals surface area contributed by atoms with E-state index >= 15 is 0 Å². The molecule has 2 aliphatic carbocycles. The fourth-order valence-corrected chi connectivity index (χ4v) is 9.76. The van der Waals surface area contributed by atoms with Crippen LogP contribution in [-0.2, 0) is 14.4 Å². The maximum atomic E-state index is 13.8. The molecule has 9 rings (SSSR count). The molecule has 2 aromatic heterocycles. The third kappa shape index (κ3) is 7.48. The molecule has 0 radical (unpaired) electrons. The fourth-order valence-electron chi connectivity index (χ4n) is 9.04. The van der Waals surface area contributed by atoms with Crippen LogP contribution >= 0.6 is 11.3 Å². The summed E-state index contributed by atoms with van der Waals surface area (Å²) in [4.78, 5) is 92.0. The van der Waals surface area contributed by atoms with Gasteiger partial charge in [-0.15, -0.1) is 11.3 Å². The molecule has 4 N–H and O–H groups in total. The van der Waals surface area contributed by atoms with E-state index in [1.54, 1.807) is 35.7 Å². The number of carbonyl (C=O) groups is 6. The molecule has 15 nitrogen and oxygen atoms in total. The minimum Gasteiger partial charge on any atom is -0.382 e. The molecule has 2 saturated heterocycles. The Balaban J connectivity index is 0.779. The van der Waals surface area contributed by atoms with Crippen molar-refractivity contribution in [3.8, 4) is 0 Å². The largest absolute Gasteiger partial charge is 0.382 e. The van der Waals surface area contributed by atoms with Crippen molar-refractivity contribution in [2.75, 3.05) is 41.7 Å². The monoisotopic (exact) mass is 803 g/mol. The number of fused-ring (bicyclic) bond motifs is 2. The number of rotatable bonds is 9. The SMILES string of the molecule is O=C1CCC(N2C(=O)c3ccc(N4CCN(C(=O)C5CCC(NC(=O)c6cnc(Nc7ccc8ncsc8c7)cc6NC6CCCC6)CC5)CC4)cc3C2=O)C(=O)N1. The molecule has 2 aromatic carbocycles. The van der Waals surface area contributed by atoms with Crippen LogP contribution in [0.1, 0.15) is 95.3 Å². The van der Waals surface area contributed by atoms with E-state index in [0.717, 1.165) is 57.9 Å². The molecule has 2 saturated carbocycles. The lowest BCUT2D eigenvalue weighted by atomic mass is 9.85. The van der Waals surface area contributed by atoms with Crippen molar-refractivity contribution in [3.05, 3.63) is 70.9 Å². The highest BCUT2D eigenvalue weighted by Gasteiger charge is 2.45. The van der Waals surface area contributed by atoms with Crippen LogP contribution in [0.25, 0.3) is 10.2 Å². The number of nitrogens with zero attached hydrogens (tertiary/aromatic N) is 5. The van der Waals surface area contributed by atoms with Gasteiger partial charge in [-0.1, -0.05) is 12.8 Å². The molecule has 1 unspecified atom stereocenters. The van der Waals surface area contributed by atoms with Gasteiger partial charge in [0.2, 0.25) is 17.7 Å². The standard InChI is InChI=1S/C42H45N9O6S/c52-37-14-13-34(39(54)48-37)51-41(56)29-11-10-28(20-30(29)42(51)57)49-15-17-50(18-16-49)40(55)24-5-7-26(8-6-24)47-38(53)31-22-43-36(21-33(31)45-25-3-1-2-4-25)46-27-9-12-32-35(19-27)58-23-44-32/h9-12,19-26,34H,1-8,13-18H2,(H,47,53)(H2,43,45,46)(H,48,52,54). The van der Waals surface area contributed by atoms with Crippen LogP contribution < -0.4 is 26.2 Å². The summed E-state index contributed by atoms with van der Waals surface area (Å²) < 4.78 is 1.08. The van der Waals surface area contributed by atoms with Gasteiger partial charge in [0.15, 0.2) is 0 Å². The zero-order chi connectivity index (χ0) is 39.9. The zero-order valence-electron chi connectivity index (χ0n) is 32.0. The smallest absolute Gasteiger partial charge is 0.262 e. The molecule has 4 fully saturated rings. The van der Waals surface area contributed by atoms with Crippen LogP contribution in [0.4, 0.5) is 22.9 Å². The summed E-state index contributed by atoms with van der Waals surface area (Å²) in [7, 11) is 0. The fraction of sp³-hybridized carbons (Fsp3) is 0.429. The van der Waals surface area contributed by atoms with Gasteiger partial charge >= 0.3 is 0 Å². The molecule has 16 heteroatoms. The van der Waals surface area contributed by atoms with Crippen LogP contribution in [0.15, 0.2) is 54.2 Å². The Labute approximate surface area is 338 Å². The van der Waals surface area contributed by atoms with Gasteiger partial charge in [-0.2, -0.15) is 0 Å². The van der Waals surface area contributed by atoms with Gasteiger partial charge in [0.05, 0.1) is 38.1 Å². The normalized spacial score (nSPS) is 22.6. The summed E-state index contributed by atoms with van der Waals surface area (Å²) in [5.74, 6) is -1.63. The first-order chi connectivity index (χ1) is 28.2. The van der Waals surface area contributed by atoms with Crippen LogP contribution in [0.5, 0.6) is 0 Å². The summed E-state index contributed by atoms with van der Waals surface area (Å²) in [6.45, 7) is 2.18. The maximum absolute atomic E-state index is 13.8. The van der Waals surface area contributed by atoms with Gasteiger partial charge in [0.25, 0.3) is 17.7 Å². The number of anilines is 4. The Morgan fingerprint density at radius 2 is 1.57 bits per heavy atom. The van der Waals surface area contributed by atoms with Gasteiger partial charge in [-0.25, -0.2) is 9.97 Å². The Morgan fingerprint density at radius 1 is 0.793 bits per heavy atom. The molecule has 5 aliphatic rings. The number of pyridine rings is 1. The number of aromatic nitrogens is 2. The quantitative estimate of drug-likeness (QED) is 0.170. The Bertz CT molecular complexity index is 2310. The maximum Gasteiger partial charge on any atom is 0.262 e.